The summed E-state index contributed by atoms with van der Waals surface area (Å²) in [5.41, 5.74) is 2.11. The fourth-order valence-electron chi connectivity index (χ4n) is 1.46. The highest BCUT2D eigenvalue weighted by molar-refractivity contribution is 6.30. The molecule has 0 aliphatic carbocycles. The third-order valence-electron chi connectivity index (χ3n) is 2.21. The Morgan fingerprint density at radius 2 is 1.69 bits per heavy atom. The normalized spacial score (nSPS) is 9.81. The Kier molecular flexibility index (Phi) is 2.89. The number of rotatable bonds is 1. The van der Waals surface area contributed by atoms with Crippen molar-refractivity contribution in [3.05, 3.63) is 58.9 Å². The number of hydrogen-bond acceptors (Lipinski definition) is 1. The van der Waals surface area contributed by atoms with Gasteiger partial charge in [-0.25, -0.2) is 4.39 Å². The van der Waals surface area contributed by atoms with Crippen molar-refractivity contribution in [2.45, 2.75) is 0 Å². The lowest BCUT2D eigenvalue weighted by molar-refractivity contribution is 0.628. The topological polar surface area (TPSA) is 23.8 Å². The van der Waals surface area contributed by atoms with Gasteiger partial charge in [-0.3, -0.25) is 0 Å². The number of hydrogen-bond donors (Lipinski definition) is 0. The molecular formula is C13H7ClFN. The zero-order valence-electron chi connectivity index (χ0n) is 8.24. The molecule has 2 rings (SSSR count). The fourth-order valence-corrected chi connectivity index (χ4v) is 1.68. The summed E-state index contributed by atoms with van der Waals surface area (Å²) in [5, 5.41) is 9.02. The smallest absolute Gasteiger partial charge is 0.125 e. The van der Waals surface area contributed by atoms with E-state index in [1.54, 1.807) is 30.3 Å². The second kappa shape index (κ2) is 4.34. The summed E-state index contributed by atoms with van der Waals surface area (Å²) in [7, 11) is 0. The van der Waals surface area contributed by atoms with E-state index in [-0.39, 0.29) is 5.82 Å². The van der Waals surface area contributed by atoms with E-state index in [0.717, 1.165) is 5.56 Å². The van der Waals surface area contributed by atoms with Crippen LogP contribution in [0, 0.1) is 17.1 Å². The molecular weight excluding hydrogens is 225 g/mol. The molecule has 0 bridgehead atoms. The molecule has 2 aromatic rings. The van der Waals surface area contributed by atoms with Crippen LogP contribution in [0.3, 0.4) is 0 Å². The molecule has 0 saturated carbocycles. The van der Waals surface area contributed by atoms with Crippen LogP contribution in [0.5, 0.6) is 0 Å². The van der Waals surface area contributed by atoms with Crippen molar-refractivity contribution >= 4 is 11.6 Å². The first-order valence-electron chi connectivity index (χ1n) is 4.65. The Morgan fingerprint density at radius 3 is 2.25 bits per heavy atom. The van der Waals surface area contributed by atoms with Crippen LogP contribution in [-0.4, -0.2) is 0 Å². The van der Waals surface area contributed by atoms with E-state index < -0.39 is 0 Å². The monoisotopic (exact) mass is 231 g/mol. The van der Waals surface area contributed by atoms with Crippen LogP contribution >= 0.6 is 11.6 Å². The van der Waals surface area contributed by atoms with Crippen LogP contribution in [-0.2, 0) is 0 Å². The second-order valence-corrected chi connectivity index (χ2v) is 3.78. The first-order chi connectivity index (χ1) is 7.69. The lowest BCUT2D eigenvalue weighted by Gasteiger charge is -2.02. The van der Waals surface area contributed by atoms with Gasteiger partial charge in [0.25, 0.3) is 0 Å². The molecule has 0 atom stereocenters. The molecule has 0 aliphatic heterocycles. The van der Waals surface area contributed by atoms with Gasteiger partial charge in [-0.15, -0.1) is 0 Å². The highest BCUT2D eigenvalue weighted by Crippen LogP contribution is 2.24. The van der Waals surface area contributed by atoms with Crippen molar-refractivity contribution in [2.75, 3.05) is 0 Å². The van der Waals surface area contributed by atoms with Crippen LogP contribution in [0.25, 0.3) is 11.1 Å². The maximum atomic E-state index is 13.1. The molecule has 0 N–H and O–H groups in total. The van der Waals surface area contributed by atoms with Gasteiger partial charge in [-0.2, -0.15) is 5.26 Å². The Hall–Kier alpha value is -1.85. The molecule has 0 saturated heterocycles. The van der Waals surface area contributed by atoms with Gasteiger partial charge in [0, 0.05) is 5.02 Å². The van der Waals surface area contributed by atoms with Crippen molar-refractivity contribution in [3.8, 4) is 17.2 Å². The summed E-state index contributed by atoms with van der Waals surface area (Å²) in [6.45, 7) is 0. The molecule has 0 aliphatic rings. The van der Waals surface area contributed by atoms with Gasteiger partial charge in [0.2, 0.25) is 0 Å². The molecule has 0 unspecified atom stereocenters. The molecule has 0 fully saturated rings. The van der Waals surface area contributed by atoms with Crippen LogP contribution in [0.15, 0.2) is 42.5 Å². The Morgan fingerprint density at radius 1 is 1.00 bits per heavy atom. The number of benzene rings is 2. The second-order valence-electron chi connectivity index (χ2n) is 3.35. The molecule has 0 spiro atoms. The molecule has 1 nitrogen and oxygen atoms in total. The summed E-state index contributed by atoms with van der Waals surface area (Å²) in [5.74, 6) is -0.369. The van der Waals surface area contributed by atoms with E-state index in [0.29, 0.717) is 16.1 Å². The quantitative estimate of drug-likeness (QED) is 0.727. The highest BCUT2D eigenvalue weighted by atomic mass is 35.5. The summed E-state index contributed by atoms with van der Waals surface area (Å²) < 4.78 is 13.1. The lowest BCUT2D eigenvalue weighted by Crippen LogP contribution is -1.82. The van der Waals surface area contributed by atoms with Gasteiger partial charge in [-0.05, 0) is 41.5 Å². The van der Waals surface area contributed by atoms with Gasteiger partial charge in [-0.1, -0.05) is 23.7 Å². The SMILES string of the molecule is N#Cc1ccc(-c2cc(F)cc(Cl)c2)cc1. The fraction of sp³-hybridized carbons (Fsp3) is 0. The zero-order valence-corrected chi connectivity index (χ0v) is 9.00. The van der Waals surface area contributed by atoms with Gasteiger partial charge in [0.1, 0.15) is 5.82 Å². The average Bonchev–Trinajstić information content (AvgIpc) is 2.28. The maximum absolute atomic E-state index is 13.1. The average molecular weight is 232 g/mol. The minimum Gasteiger partial charge on any atom is -0.207 e. The zero-order chi connectivity index (χ0) is 11.5. The van der Waals surface area contributed by atoms with Crippen LogP contribution in [0.2, 0.25) is 5.02 Å². The van der Waals surface area contributed by atoms with Crippen molar-refractivity contribution in [1.29, 1.82) is 5.26 Å². The number of nitriles is 1. The Labute approximate surface area is 97.7 Å². The molecule has 16 heavy (non-hydrogen) atoms. The van der Waals surface area contributed by atoms with E-state index >= 15 is 0 Å². The summed E-state index contributed by atoms with van der Waals surface area (Å²) in [6.07, 6.45) is 0. The van der Waals surface area contributed by atoms with Crippen LogP contribution in [0.4, 0.5) is 4.39 Å². The van der Waals surface area contributed by atoms with E-state index in [9.17, 15) is 4.39 Å². The van der Waals surface area contributed by atoms with Crippen molar-refractivity contribution in [1.82, 2.24) is 0 Å². The Bertz CT molecular complexity index is 535. The minimum atomic E-state index is -0.369. The van der Waals surface area contributed by atoms with E-state index in [2.05, 4.69) is 0 Å². The molecule has 3 heteroatoms. The number of halogens is 2. The van der Waals surface area contributed by atoms with E-state index in [1.807, 2.05) is 6.07 Å². The predicted molar refractivity (Wildman–Crippen MR) is 61.6 cm³/mol. The van der Waals surface area contributed by atoms with Gasteiger partial charge < -0.3 is 0 Å². The largest absolute Gasteiger partial charge is 0.207 e. The molecule has 0 heterocycles. The standard InChI is InChI=1S/C13H7ClFN/c14-12-5-11(6-13(15)7-12)10-3-1-9(8-16)2-4-10/h1-7H. The van der Waals surface area contributed by atoms with Gasteiger partial charge >= 0.3 is 0 Å². The van der Waals surface area contributed by atoms with Gasteiger partial charge in [0.05, 0.1) is 11.6 Å². The minimum absolute atomic E-state index is 0.361. The van der Waals surface area contributed by atoms with Gasteiger partial charge in [0.15, 0.2) is 0 Å². The molecule has 2 aromatic carbocycles. The first-order valence-corrected chi connectivity index (χ1v) is 5.03. The third-order valence-corrected chi connectivity index (χ3v) is 2.43. The predicted octanol–water partition coefficient (Wildman–Crippen LogP) is 4.02. The Balaban J connectivity index is 2.47. The highest BCUT2D eigenvalue weighted by Gasteiger charge is 2.02. The first kappa shape index (κ1) is 10.7. The molecule has 0 amide bonds. The van der Waals surface area contributed by atoms with Crippen molar-refractivity contribution < 1.29 is 4.39 Å². The van der Waals surface area contributed by atoms with E-state index in [4.69, 9.17) is 16.9 Å². The van der Waals surface area contributed by atoms with Crippen LogP contribution < -0.4 is 0 Å². The van der Waals surface area contributed by atoms with E-state index in [1.165, 1.54) is 12.1 Å². The summed E-state index contributed by atoms with van der Waals surface area (Å²) in [4.78, 5) is 0. The number of nitrogens with zero attached hydrogens (tertiary/aromatic N) is 1. The lowest BCUT2D eigenvalue weighted by atomic mass is 10.0. The molecule has 0 radical (unpaired) electrons. The molecule has 0 aromatic heterocycles. The maximum Gasteiger partial charge on any atom is 0.125 e. The van der Waals surface area contributed by atoms with Crippen LogP contribution in [0.1, 0.15) is 5.56 Å². The van der Waals surface area contributed by atoms with Crippen molar-refractivity contribution in [2.24, 2.45) is 0 Å². The summed E-state index contributed by atoms with van der Waals surface area (Å²) >= 11 is 5.77. The molecule has 78 valence electrons. The summed E-state index contributed by atoms with van der Waals surface area (Å²) in [6, 6.07) is 13.3. The third kappa shape index (κ3) is 2.21. The van der Waals surface area contributed by atoms with Crippen molar-refractivity contribution in [3.63, 3.8) is 0 Å².